The van der Waals surface area contributed by atoms with Crippen LogP contribution in [0.1, 0.15) is 26.3 Å². The number of hydrogen-bond donors (Lipinski definition) is 0. The fourth-order valence-corrected chi connectivity index (χ4v) is 14.0. The van der Waals surface area contributed by atoms with Gasteiger partial charge in [-0.15, -0.1) is 0 Å². The van der Waals surface area contributed by atoms with Gasteiger partial charge in [0.25, 0.3) is 6.71 Å². The Morgan fingerprint density at radius 2 is 0.793 bits per heavy atom. The van der Waals surface area contributed by atoms with Crippen LogP contribution in [0.5, 0.6) is 0 Å². The quantitative estimate of drug-likeness (QED) is 0.127. The summed E-state index contributed by atoms with van der Waals surface area (Å²) in [6.45, 7) is 6.81. The van der Waals surface area contributed by atoms with Gasteiger partial charge in [-0.3, -0.25) is 0 Å². The Balaban J connectivity index is 0.904. The van der Waals surface area contributed by atoms with Crippen LogP contribution < -0.4 is 26.2 Å². The SMILES string of the molecule is CC(C)(C)c1ccc2c(c1)c1ccccc1n2-c1ccc(-c2cc(-c3ccccc3)nc(-c3ccccc3)n2)cc1-c1cc(-c2ccccc2)nc(-c2cccc(-c3ccc4c5c3N(c3ccccc3)c3ccccc3B5c3ccccc3N4c3ccccc3)c2)n1. The summed E-state index contributed by atoms with van der Waals surface area (Å²) in [5.41, 5.74) is 26.1. The van der Waals surface area contributed by atoms with Gasteiger partial charge >= 0.3 is 0 Å². The van der Waals surface area contributed by atoms with Crippen LogP contribution in [0, 0.1) is 0 Å². The highest BCUT2D eigenvalue weighted by molar-refractivity contribution is 7.00. The zero-order valence-electron chi connectivity index (χ0n) is 51.2. The number of rotatable bonds is 10. The van der Waals surface area contributed by atoms with Gasteiger partial charge in [0.1, 0.15) is 0 Å². The van der Waals surface area contributed by atoms with Crippen molar-refractivity contribution in [3.63, 3.8) is 0 Å². The van der Waals surface area contributed by atoms with Gasteiger partial charge in [0.2, 0.25) is 0 Å². The van der Waals surface area contributed by atoms with Crippen LogP contribution in [0.15, 0.2) is 309 Å². The number of para-hydroxylation sites is 5. The molecule has 434 valence electrons. The molecule has 17 rings (SSSR count). The summed E-state index contributed by atoms with van der Waals surface area (Å²) in [5.74, 6) is 1.26. The van der Waals surface area contributed by atoms with Gasteiger partial charge in [-0.05, 0) is 124 Å². The average molecular weight is 1180 g/mol. The van der Waals surface area contributed by atoms with Crippen LogP contribution in [0.3, 0.4) is 0 Å². The molecule has 8 heteroatoms. The summed E-state index contributed by atoms with van der Waals surface area (Å²) in [6, 6.07) is 111. The Bertz CT molecular complexity index is 5270. The number of fused-ring (bicyclic) bond motifs is 7. The topological polar surface area (TPSA) is 63.0 Å². The minimum absolute atomic E-state index is 0.0406. The van der Waals surface area contributed by atoms with Gasteiger partial charge in [-0.1, -0.05) is 239 Å². The molecule has 0 unspecified atom stereocenters. The van der Waals surface area contributed by atoms with E-state index in [0.717, 1.165) is 112 Å². The van der Waals surface area contributed by atoms with E-state index < -0.39 is 0 Å². The summed E-state index contributed by atoms with van der Waals surface area (Å²) in [7, 11) is 0. The molecule has 0 bridgehead atoms. The smallest absolute Gasteiger partial charge is 0.252 e. The molecular formula is C84H60BN7. The van der Waals surface area contributed by atoms with Crippen LogP contribution in [-0.4, -0.2) is 31.2 Å². The Morgan fingerprint density at radius 1 is 0.304 bits per heavy atom. The molecule has 0 amide bonds. The van der Waals surface area contributed by atoms with Gasteiger partial charge < -0.3 is 14.4 Å². The molecule has 7 nitrogen and oxygen atoms in total. The summed E-state index contributed by atoms with van der Waals surface area (Å²) >= 11 is 0. The predicted octanol–water partition coefficient (Wildman–Crippen LogP) is 19.4. The summed E-state index contributed by atoms with van der Waals surface area (Å²) < 4.78 is 2.43. The first kappa shape index (κ1) is 54.4. The van der Waals surface area contributed by atoms with Gasteiger partial charge in [0, 0.05) is 78.2 Å². The van der Waals surface area contributed by atoms with Gasteiger partial charge in [-0.25, -0.2) is 19.9 Å². The lowest BCUT2D eigenvalue weighted by atomic mass is 9.33. The molecule has 15 aromatic rings. The zero-order chi connectivity index (χ0) is 61.4. The summed E-state index contributed by atoms with van der Waals surface area (Å²) in [6.07, 6.45) is 0. The molecule has 5 heterocycles. The van der Waals surface area contributed by atoms with Crippen molar-refractivity contribution in [3.8, 4) is 84.6 Å². The molecule has 12 aromatic carbocycles. The van der Waals surface area contributed by atoms with Crippen molar-refractivity contribution in [2.75, 3.05) is 9.80 Å². The van der Waals surface area contributed by atoms with Crippen molar-refractivity contribution in [2.24, 2.45) is 0 Å². The lowest BCUT2D eigenvalue weighted by Gasteiger charge is -2.45. The maximum atomic E-state index is 5.80. The van der Waals surface area contributed by atoms with E-state index >= 15 is 0 Å². The maximum Gasteiger partial charge on any atom is 0.252 e. The van der Waals surface area contributed by atoms with Crippen molar-refractivity contribution < 1.29 is 0 Å². The largest absolute Gasteiger partial charge is 0.311 e. The van der Waals surface area contributed by atoms with Crippen molar-refractivity contribution >= 4 is 79.0 Å². The predicted molar refractivity (Wildman–Crippen MR) is 383 cm³/mol. The normalized spacial score (nSPS) is 12.4. The maximum absolute atomic E-state index is 5.80. The third-order valence-corrected chi connectivity index (χ3v) is 18.4. The summed E-state index contributed by atoms with van der Waals surface area (Å²) in [5, 5.41) is 2.38. The molecule has 3 aromatic heterocycles. The zero-order valence-corrected chi connectivity index (χ0v) is 51.2. The highest BCUT2D eigenvalue weighted by Gasteiger charge is 2.44. The van der Waals surface area contributed by atoms with Crippen LogP contribution in [0.25, 0.3) is 106 Å². The van der Waals surface area contributed by atoms with E-state index in [1.165, 1.54) is 38.4 Å². The second-order valence-corrected chi connectivity index (χ2v) is 25.0. The Labute approximate surface area is 536 Å². The molecule has 92 heavy (non-hydrogen) atoms. The first-order valence-corrected chi connectivity index (χ1v) is 31.6. The Hall–Kier alpha value is -11.7. The molecule has 0 atom stereocenters. The lowest BCUT2D eigenvalue weighted by molar-refractivity contribution is 0.591. The van der Waals surface area contributed by atoms with Crippen molar-refractivity contribution in [1.29, 1.82) is 0 Å². The number of hydrogen-bond acceptors (Lipinski definition) is 6. The highest BCUT2D eigenvalue weighted by Crippen LogP contribution is 2.49. The van der Waals surface area contributed by atoms with E-state index in [-0.39, 0.29) is 12.1 Å². The second kappa shape index (κ2) is 22.1. The van der Waals surface area contributed by atoms with Gasteiger partial charge in [0.05, 0.1) is 45.2 Å². The average Bonchev–Trinajstić information content (AvgIpc) is 0.822. The Kier molecular flexibility index (Phi) is 13.1. The molecule has 0 radical (unpaired) electrons. The molecule has 0 saturated carbocycles. The van der Waals surface area contributed by atoms with Gasteiger partial charge in [0.15, 0.2) is 11.6 Å². The van der Waals surface area contributed by atoms with Crippen LogP contribution >= 0.6 is 0 Å². The Morgan fingerprint density at radius 3 is 1.45 bits per heavy atom. The molecule has 2 aliphatic heterocycles. The van der Waals surface area contributed by atoms with Crippen molar-refractivity contribution in [3.05, 3.63) is 315 Å². The first-order chi connectivity index (χ1) is 45.3. The number of aromatic nitrogens is 5. The number of anilines is 6. The van der Waals surface area contributed by atoms with Crippen molar-refractivity contribution in [2.45, 2.75) is 26.2 Å². The fraction of sp³-hybridized carbons (Fsp3) is 0.0476. The molecule has 0 spiro atoms. The third kappa shape index (κ3) is 9.29. The van der Waals surface area contributed by atoms with E-state index in [4.69, 9.17) is 19.9 Å². The van der Waals surface area contributed by atoms with Gasteiger partial charge in [-0.2, -0.15) is 0 Å². The molecule has 2 aliphatic rings. The minimum Gasteiger partial charge on any atom is -0.311 e. The van der Waals surface area contributed by atoms with Crippen LogP contribution in [0.2, 0.25) is 0 Å². The molecular weight excluding hydrogens is 1120 g/mol. The summed E-state index contributed by atoms with van der Waals surface area (Å²) in [4.78, 5) is 26.9. The molecule has 0 saturated heterocycles. The second-order valence-electron chi connectivity index (χ2n) is 25.0. The molecule has 0 N–H and O–H groups in total. The van der Waals surface area contributed by atoms with E-state index in [0.29, 0.717) is 11.6 Å². The monoisotopic (exact) mass is 1180 g/mol. The highest BCUT2D eigenvalue weighted by atomic mass is 15.2. The van der Waals surface area contributed by atoms with Crippen molar-refractivity contribution in [1.82, 2.24) is 24.5 Å². The number of nitrogens with zero attached hydrogens (tertiary/aromatic N) is 7. The molecule has 0 aliphatic carbocycles. The standard InChI is InChI=1S/C84H60BN7/c1-84(2,3)61-45-48-75-66(52-61)65-38-19-22-41-74(65)92(75)76-47-44-59(72-53-70(55-26-9-4-10-27-55)86-82(88-72)57-30-13-6-14-31-57)51-67(76)73-54-71(56-28-11-5-12-29-56)87-83(89-73)60-33-25-32-58(50-60)64-46-49-79-80-81(64)91(63-36-17-8-18-37-63)78-43-24-21-40-69(78)85(80)68-39-20-23-42-77(68)90(79)62-34-15-7-16-35-62/h4-54H,1-3H3. The van der Waals surface area contributed by atoms with Crippen LogP contribution in [0.4, 0.5) is 34.1 Å². The molecule has 0 fully saturated rings. The van der Waals surface area contributed by atoms with Crippen LogP contribution in [-0.2, 0) is 5.41 Å². The van der Waals surface area contributed by atoms with E-state index in [9.17, 15) is 0 Å². The minimum atomic E-state index is -0.0522. The van der Waals surface area contributed by atoms with E-state index in [2.05, 4.69) is 320 Å². The van der Waals surface area contributed by atoms with E-state index in [1.54, 1.807) is 0 Å². The third-order valence-electron chi connectivity index (χ3n) is 18.4. The first-order valence-electron chi connectivity index (χ1n) is 31.6. The lowest BCUT2D eigenvalue weighted by Crippen LogP contribution is -2.61. The fourth-order valence-electron chi connectivity index (χ4n) is 14.0. The van der Waals surface area contributed by atoms with E-state index in [1.807, 2.05) is 24.3 Å². The number of benzene rings is 12.